The molecule has 0 bridgehead atoms. The second-order valence-corrected chi connectivity index (χ2v) is 7.14. The van der Waals surface area contributed by atoms with Gasteiger partial charge in [0.05, 0.1) is 11.4 Å². The standard InChI is InChI=1S/C11H24N2O3S/c1-8(2)12-7-9(3)17(14,15)13-11-5-6-16-10(11)4/h8-13H,5-7H2,1-4H3. The molecular formula is C11H24N2O3S. The highest BCUT2D eigenvalue weighted by Crippen LogP contribution is 2.14. The zero-order valence-corrected chi connectivity index (χ0v) is 11.9. The topological polar surface area (TPSA) is 67.4 Å². The highest BCUT2D eigenvalue weighted by Gasteiger charge is 2.30. The molecule has 1 heterocycles. The molecular weight excluding hydrogens is 240 g/mol. The molecule has 0 amide bonds. The molecule has 1 aliphatic rings. The molecule has 5 nitrogen and oxygen atoms in total. The van der Waals surface area contributed by atoms with Gasteiger partial charge < -0.3 is 10.1 Å². The van der Waals surface area contributed by atoms with Crippen LogP contribution < -0.4 is 10.0 Å². The van der Waals surface area contributed by atoms with Crippen molar-refractivity contribution in [3.8, 4) is 0 Å². The van der Waals surface area contributed by atoms with Gasteiger partial charge in [0, 0.05) is 25.2 Å². The summed E-state index contributed by atoms with van der Waals surface area (Å²) in [6, 6.07) is 0.211. The van der Waals surface area contributed by atoms with E-state index in [1.807, 2.05) is 20.8 Å². The van der Waals surface area contributed by atoms with E-state index in [0.29, 0.717) is 19.2 Å². The highest BCUT2D eigenvalue weighted by atomic mass is 32.2. The first kappa shape index (κ1) is 14.9. The van der Waals surface area contributed by atoms with Crippen LogP contribution in [0.1, 0.15) is 34.1 Å². The van der Waals surface area contributed by atoms with Crippen LogP contribution in [0.15, 0.2) is 0 Å². The van der Waals surface area contributed by atoms with E-state index in [9.17, 15) is 8.42 Å². The van der Waals surface area contributed by atoms with Crippen LogP contribution in [0.3, 0.4) is 0 Å². The normalized spacial score (nSPS) is 27.6. The first-order valence-electron chi connectivity index (χ1n) is 6.19. The van der Waals surface area contributed by atoms with Crippen LogP contribution in [-0.2, 0) is 14.8 Å². The van der Waals surface area contributed by atoms with Crippen LogP contribution in [-0.4, -0.2) is 45.0 Å². The van der Waals surface area contributed by atoms with E-state index in [1.165, 1.54) is 0 Å². The second-order valence-electron chi connectivity index (χ2n) is 5.01. The Morgan fingerprint density at radius 1 is 1.35 bits per heavy atom. The summed E-state index contributed by atoms with van der Waals surface area (Å²) in [6.45, 7) is 8.72. The highest BCUT2D eigenvalue weighted by molar-refractivity contribution is 7.90. The van der Waals surface area contributed by atoms with Crippen LogP contribution >= 0.6 is 0 Å². The lowest BCUT2D eigenvalue weighted by atomic mass is 10.2. The van der Waals surface area contributed by atoms with Crippen molar-refractivity contribution in [1.29, 1.82) is 0 Å². The van der Waals surface area contributed by atoms with Gasteiger partial charge in [-0.1, -0.05) is 13.8 Å². The van der Waals surface area contributed by atoms with Crippen molar-refractivity contribution >= 4 is 10.0 Å². The van der Waals surface area contributed by atoms with Crippen molar-refractivity contribution in [3.05, 3.63) is 0 Å². The van der Waals surface area contributed by atoms with Gasteiger partial charge in [0.1, 0.15) is 0 Å². The molecule has 0 aliphatic carbocycles. The van der Waals surface area contributed by atoms with Crippen LogP contribution in [0.25, 0.3) is 0 Å². The van der Waals surface area contributed by atoms with E-state index in [0.717, 1.165) is 6.42 Å². The molecule has 6 heteroatoms. The smallest absolute Gasteiger partial charge is 0.215 e. The molecule has 102 valence electrons. The fourth-order valence-electron chi connectivity index (χ4n) is 1.73. The van der Waals surface area contributed by atoms with Gasteiger partial charge in [0.15, 0.2) is 0 Å². The molecule has 3 atom stereocenters. The van der Waals surface area contributed by atoms with Crippen molar-refractivity contribution in [2.45, 2.75) is 57.6 Å². The number of ether oxygens (including phenoxy) is 1. The average Bonchev–Trinajstić information content (AvgIpc) is 2.60. The maximum atomic E-state index is 12.0. The maximum absolute atomic E-state index is 12.0. The summed E-state index contributed by atoms with van der Waals surface area (Å²) in [5.74, 6) is 0. The Kier molecular flexibility index (Phi) is 5.37. The van der Waals surface area contributed by atoms with E-state index in [4.69, 9.17) is 4.74 Å². The maximum Gasteiger partial charge on any atom is 0.215 e. The molecule has 0 aromatic heterocycles. The molecule has 0 saturated carbocycles. The van der Waals surface area contributed by atoms with Crippen molar-refractivity contribution < 1.29 is 13.2 Å². The molecule has 1 saturated heterocycles. The van der Waals surface area contributed by atoms with Gasteiger partial charge in [-0.25, -0.2) is 13.1 Å². The first-order valence-corrected chi connectivity index (χ1v) is 7.73. The molecule has 0 spiro atoms. The molecule has 0 aromatic carbocycles. The minimum Gasteiger partial charge on any atom is -0.377 e. The number of sulfonamides is 1. The second kappa shape index (κ2) is 6.13. The SMILES string of the molecule is CC(C)NCC(C)S(=O)(=O)NC1CCOC1C. The molecule has 3 unspecified atom stereocenters. The molecule has 1 fully saturated rings. The fourth-order valence-corrected chi connectivity index (χ4v) is 3.00. The van der Waals surface area contributed by atoms with E-state index >= 15 is 0 Å². The van der Waals surface area contributed by atoms with Gasteiger partial charge in [-0.05, 0) is 20.3 Å². The lowest BCUT2D eigenvalue weighted by molar-refractivity contribution is 0.116. The summed E-state index contributed by atoms with van der Waals surface area (Å²) in [4.78, 5) is 0. The zero-order valence-electron chi connectivity index (χ0n) is 11.1. The van der Waals surface area contributed by atoms with Gasteiger partial charge in [0.2, 0.25) is 10.0 Å². The van der Waals surface area contributed by atoms with Crippen LogP contribution in [0, 0.1) is 0 Å². The predicted octanol–water partition coefficient (Wildman–Crippen LogP) is 0.470. The Morgan fingerprint density at radius 3 is 2.47 bits per heavy atom. The van der Waals surface area contributed by atoms with Crippen LogP contribution in [0.5, 0.6) is 0 Å². The minimum atomic E-state index is -3.26. The Balaban J connectivity index is 2.49. The van der Waals surface area contributed by atoms with Gasteiger partial charge >= 0.3 is 0 Å². The third-order valence-corrected chi connectivity index (χ3v) is 4.89. The zero-order chi connectivity index (χ0) is 13.1. The van der Waals surface area contributed by atoms with Gasteiger partial charge in [-0.15, -0.1) is 0 Å². The van der Waals surface area contributed by atoms with Crippen LogP contribution in [0.2, 0.25) is 0 Å². The van der Waals surface area contributed by atoms with Gasteiger partial charge in [-0.2, -0.15) is 0 Å². The molecule has 1 rings (SSSR count). The number of hydrogen-bond acceptors (Lipinski definition) is 4. The minimum absolute atomic E-state index is 0.0324. The summed E-state index contributed by atoms with van der Waals surface area (Å²) >= 11 is 0. The Labute approximate surface area is 104 Å². The van der Waals surface area contributed by atoms with Crippen molar-refractivity contribution in [3.63, 3.8) is 0 Å². The quantitative estimate of drug-likeness (QED) is 0.732. The van der Waals surface area contributed by atoms with Crippen molar-refractivity contribution in [2.75, 3.05) is 13.2 Å². The van der Waals surface area contributed by atoms with Crippen molar-refractivity contribution in [1.82, 2.24) is 10.0 Å². The first-order chi connectivity index (χ1) is 7.83. The molecule has 0 radical (unpaired) electrons. The summed E-state index contributed by atoms with van der Waals surface area (Å²) in [7, 11) is -3.26. The van der Waals surface area contributed by atoms with Crippen molar-refractivity contribution in [2.24, 2.45) is 0 Å². The summed E-state index contributed by atoms with van der Waals surface area (Å²) in [5, 5.41) is 2.70. The van der Waals surface area contributed by atoms with Gasteiger partial charge in [-0.3, -0.25) is 0 Å². The summed E-state index contributed by atoms with van der Waals surface area (Å²) in [5.41, 5.74) is 0. The summed E-state index contributed by atoms with van der Waals surface area (Å²) in [6.07, 6.45) is 0.722. The Hall–Kier alpha value is -0.170. The number of nitrogens with one attached hydrogen (secondary N) is 2. The molecule has 1 aliphatic heterocycles. The third-order valence-electron chi connectivity index (χ3n) is 3.04. The molecule has 17 heavy (non-hydrogen) atoms. The third kappa shape index (κ3) is 4.54. The largest absolute Gasteiger partial charge is 0.377 e. The number of hydrogen-bond donors (Lipinski definition) is 2. The van der Waals surface area contributed by atoms with E-state index in [1.54, 1.807) is 6.92 Å². The van der Waals surface area contributed by atoms with Gasteiger partial charge in [0.25, 0.3) is 0 Å². The van der Waals surface area contributed by atoms with E-state index in [-0.39, 0.29) is 12.1 Å². The summed E-state index contributed by atoms with van der Waals surface area (Å²) < 4.78 is 32.2. The van der Waals surface area contributed by atoms with E-state index in [2.05, 4.69) is 10.0 Å². The molecule has 0 aromatic rings. The molecule has 2 N–H and O–H groups in total. The van der Waals surface area contributed by atoms with E-state index < -0.39 is 15.3 Å². The lowest BCUT2D eigenvalue weighted by Crippen LogP contribution is -2.46. The van der Waals surface area contributed by atoms with Crippen LogP contribution in [0.4, 0.5) is 0 Å². The number of rotatable bonds is 6. The fraction of sp³-hybridized carbons (Fsp3) is 1.00. The monoisotopic (exact) mass is 264 g/mol. The predicted molar refractivity (Wildman–Crippen MR) is 68.5 cm³/mol. The Bertz CT molecular complexity index is 330. The average molecular weight is 264 g/mol. The Morgan fingerprint density at radius 2 is 2.00 bits per heavy atom. The lowest BCUT2D eigenvalue weighted by Gasteiger charge is -2.21.